The number of nitrogens with zero attached hydrogens (tertiary/aromatic N) is 2. The molecule has 1 aromatic heterocycles. The normalized spacial score (nSPS) is 9.25. The van der Waals surface area contributed by atoms with E-state index in [0.29, 0.717) is 0 Å². The Bertz CT molecular complexity index is 167. The van der Waals surface area contributed by atoms with E-state index in [1.807, 2.05) is 13.0 Å². The molecule has 1 rings (SSSR count). The van der Waals surface area contributed by atoms with Crippen LogP contribution in [-0.4, -0.2) is 10.2 Å². The molecule has 0 radical (unpaired) electrons. The van der Waals surface area contributed by atoms with Gasteiger partial charge in [-0.1, -0.05) is 0 Å². The van der Waals surface area contributed by atoms with Crippen molar-refractivity contribution < 1.29 is 0 Å². The van der Waals surface area contributed by atoms with Gasteiger partial charge in [-0.3, -0.25) is 0 Å². The zero-order valence-corrected chi connectivity index (χ0v) is 6.01. The van der Waals surface area contributed by atoms with Gasteiger partial charge in [0.15, 0.2) is 0 Å². The first kappa shape index (κ1) is 5.69. The Labute approximate surface area is 56.1 Å². The Morgan fingerprint density at radius 2 is 2.38 bits per heavy atom. The molecule has 0 aliphatic carbocycles. The molecule has 0 atom stereocenters. The Balaban J connectivity index is 3.13. The fraction of sp³-hybridized carbons (Fsp3) is 0.200. The zero-order chi connectivity index (χ0) is 5.98. The first-order chi connectivity index (χ1) is 3.80. The molecule has 0 saturated carbocycles. The molecule has 0 amide bonds. The van der Waals surface area contributed by atoms with Crippen LogP contribution in [-0.2, 0) is 0 Å². The minimum atomic E-state index is 0.924. The fourth-order valence-electron chi connectivity index (χ4n) is 0.387. The van der Waals surface area contributed by atoms with Gasteiger partial charge in [0, 0.05) is 4.47 Å². The Kier molecular flexibility index (Phi) is 1.58. The van der Waals surface area contributed by atoms with Gasteiger partial charge in [-0.2, -0.15) is 10.2 Å². The SMILES string of the molecule is Cc1nnccc1Br. The Hall–Kier alpha value is -0.440. The van der Waals surface area contributed by atoms with E-state index in [4.69, 9.17) is 0 Å². The first-order valence-corrected chi connectivity index (χ1v) is 3.04. The van der Waals surface area contributed by atoms with Crippen molar-refractivity contribution >= 4 is 15.9 Å². The monoisotopic (exact) mass is 172 g/mol. The second-order valence-electron chi connectivity index (χ2n) is 1.46. The lowest BCUT2D eigenvalue weighted by molar-refractivity contribution is 0.971. The van der Waals surface area contributed by atoms with Crippen molar-refractivity contribution in [1.29, 1.82) is 0 Å². The summed E-state index contributed by atoms with van der Waals surface area (Å²) >= 11 is 3.29. The van der Waals surface area contributed by atoms with Gasteiger partial charge in [0.2, 0.25) is 0 Å². The number of hydrogen-bond acceptors (Lipinski definition) is 2. The van der Waals surface area contributed by atoms with Crippen LogP contribution in [0.25, 0.3) is 0 Å². The van der Waals surface area contributed by atoms with Crippen molar-refractivity contribution in [1.82, 2.24) is 10.2 Å². The molecule has 0 saturated heterocycles. The minimum absolute atomic E-state index is 0.924. The predicted octanol–water partition coefficient (Wildman–Crippen LogP) is 1.55. The average molecular weight is 173 g/mol. The van der Waals surface area contributed by atoms with Crippen molar-refractivity contribution in [3.05, 3.63) is 22.4 Å². The molecule has 0 unspecified atom stereocenters. The predicted molar refractivity (Wildman–Crippen MR) is 34.5 cm³/mol. The van der Waals surface area contributed by atoms with E-state index in [0.717, 1.165) is 10.2 Å². The lowest BCUT2D eigenvalue weighted by Crippen LogP contribution is -1.83. The van der Waals surface area contributed by atoms with Gasteiger partial charge in [0.05, 0.1) is 11.9 Å². The van der Waals surface area contributed by atoms with Gasteiger partial charge in [-0.25, -0.2) is 0 Å². The van der Waals surface area contributed by atoms with E-state index >= 15 is 0 Å². The third-order valence-electron chi connectivity index (χ3n) is 0.841. The molecule has 0 bridgehead atoms. The smallest absolute Gasteiger partial charge is 0.0741 e. The van der Waals surface area contributed by atoms with Crippen LogP contribution in [0, 0.1) is 6.92 Å². The van der Waals surface area contributed by atoms with Crippen molar-refractivity contribution in [2.24, 2.45) is 0 Å². The van der Waals surface area contributed by atoms with Crippen LogP contribution in [0.2, 0.25) is 0 Å². The quantitative estimate of drug-likeness (QED) is 0.594. The molecule has 0 aliphatic rings. The summed E-state index contributed by atoms with van der Waals surface area (Å²) in [6.07, 6.45) is 1.65. The molecule has 1 aromatic rings. The molecule has 42 valence electrons. The van der Waals surface area contributed by atoms with Crippen LogP contribution in [0.4, 0.5) is 0 Å². The lowest BCUT2D eigenvalue weighted by Gasteiger charge is -1.89. The van der Waals surface area contributed by atoms with Crippen LogP contribution in [0.5, 0.6) is 0 Å². The van der Waals surface area contributed by atoms with Crippen molar-refractivity contribution in [3.8, 4) is 0 Å². The molecule has 1 heterocycles. The Morgan fingerprint density at radius 3 is 2.75 bits per heavy atom. The summed E-state index contributed by atoms with van der Waals surface area (Å²) in [4.78, 5) is 0. The molecular weight excluding hydrogens is 168 g/mol. The van der Waals surface area contributed by atoms with E-state index in [1.54, 1.807) is 6.20 Å². The van der Waals surface area contributed by atoms with Crippen LogP contribution in [0.15, 0.2) is 16.7 Å². The second kappa shape index (κ2) is 2.22. The summed E-state index contributed by atoms with van der Waals surface area (Å²) in [5, 5.41) is 7.45. The molecular formula is C5H5BrN2. The van der Waals surface area contributed by atoms with E-state index in [2.05, 4.69) is 26.1 Å². The minimum Gasteiger partial charge on any atom is -0.159 e. The number of hydrogen-bond donors (Lipinski definition) is 0. The topological polar surface area (TPSA) is 25.8 Å². The average Bonchev–Trinajstić information content (AvgIpc) is 1.77. The summed E-state index contributed by atoms with van der Waals surface area (Å²) in [6, 6.07) is 1.86. The van der Waals surface area contributed by atoms with Gasteiger partial charge in [0.25, 0.3) is 0 Å². The number of aryl methyl sites for hydroxylation is 1. The molecule has 0 aliphatic heterocycles. The zero-order valence-electron chi connectivity index (χ0n) is 4.43. The standard InChI is InChI=1S/C5H5BrN2/c1-4-5(6)2-3-7-8-4/h2-3H,1H3. The summed E-state index contributed by atoms with van der Waals surface area (Å²) in [5.41, 5.74) is 0.924. The van der Waals surface area contributed by atoms with Crippen LogP contribution in [0.3, 0.4) is 0 Å². The summed E-state index contributed by atoms with van der Waals surface area (Å²) in [5.74, 6) is 0. The van der Waals surface area contributed by atoms with Gasteiger partial charge in [-0.15, -0.1) is 0 Å². The molecule has 2 nitrogen and oxygen atoms in total. The van der Waals surface area contributed by atoms with E-state index in [9.17, 15) is 0 Å². The second-order valence-corrected chi connectivity index (χ2v) is 2.32. The highest BCUT2D eigenvalue weighted by Crippen LogP contribution is 2.09. The molecule has 0 spiro atoms. The maximum absolute atomic E-state index is 3.78. The highest BCUT2D eigenvalue weighted by Gasteiger charge is 1.89. The third kappa shape index (κ3) is 1.04. The summed E-state index contributed by atoms with van der Waals surface area (Å²) < 4.78 is 1.01. The molecule has 8 heavy (non-hydrogen) atoms. The highest BCUT2D eigenvalue weighted by molar-refractivity contribution is 9.10. The van der Waals surface area contributed by atoms with E-state index in [-0.39, 0.29) is 0 Å². The van der Waals surface area contributed by atoms with Crippen molar-refractivity contribution in [2.45, 2.75) is 6.92 Å². The van der Waals surface area contributed by atoms with Crippen LogP contribution >= 0.6 is 15.9 Å². The molecule has 3 heteroatoms. The number of aromatic nitrogens is 2. The van der Waals surface area contributed by atoms with Crippen LogP contribution < -0.4 is 0 Å². The third-order valence-corrected chi connectivity index (χ3v) is 1.68. The molecule has 0 aromatic carbocycles. The number of halogens is 1. The summed E-state index contributed by atoms with van der Waals surface area (Å²) in [6.45, 7) is 1.90. The van der Waals surface area contributed by atoms with Crippen molar-refractivity contribution in [2.75, 3.05) is 0 Å². The summed E-state index contributed by atoms with van der Waals surface area (Å²) in [7, 11) is 0. The van der Waals surface area contributed by atoms with Gasteiger partial charge in [-0.05, 0) is 28.9 Å². The lowest BCUT2D eigenvalue weighted by atomic mass is 10.4. The van der Waals surface area contributed by atoms with E-state index < -0.39 is 0 Å². The first-order valence-electron chi connectivity index (χ1n) is 2.24. The van der Waals surface area contributed by atoms with Gasteiger partial charge < -0.3 is 0 Å². The fourth-order valence-corrected chi connectivity index (χ4v) is 0.585. The molecule has 0 fully saturated rings. The molecule has 0 N–H and O–H groups in total. The van der Waals surface area contributed by atoms with Crippen molar-refractivity contribution in [3.63, 3.8) is 0 Å². The highest BCUT2D eigenvalue weighted by atomic mass is 79.9. The van der Waals surface area contributed by atoms with E-state index in [1.165, 1.54) is 0 Å². The largest absolute Gasteiger partial charge is 0.159 e. The number of rotatable bonds is 0. The maximum atomic E-state index is 3.78. The van der Waals surface area contributed by atoms with Gasteiger partial charge in [0.1, 0.15) is 0 Å². The Morgan fingerprint density at radius 1 is 1.62 bits per heavy atom. The van der Waals surface area contributed by atoms with Gasteiger partial charge >= 0.3 is 0 Å². The van der Waals surface area contributed by atoms with Crippen LogP contribution in [0.1, 0.15) is 5.69 Å². The maximum Gasteiger partial charge on any atom is 0.0741 e.